The van der Waals surface area contributed by atoms with Crippen molar-refractivity contribution in [2.45, 2.75) is 25.8 Å². The molecule has 1 aliphatic heterocycles. The molecule has 1 fully saturated rings. The molecule has 1 aliphatic rings. The molecule has 3 aromatic rings. The highest BCUT2D eigenvalue weighted by molar-refractivity contribution is 5.88. The molecule has 3 heterocycles. The van der Waals surface area contributed by atoms with E-state index in [9.17, 15) is 10.1 Å². The van der Waals surface area contributed by atoms with E-state index in [0.717, 1.165) is 41.8 Å². The molecule has 0 radical (unpaired) electrons. The number of hydrogen-bond acceptors (Lipinski definition) is 4. The third kappa shape index (κ3) is 2.23. The molecule has 126 valence electrons. The number of aromatic nitrogens is 2. The molecule has 1 aromatic carbocycles. The topological polar surface area (TPSA) is 73.4 Å². The first-order valence-electron chi connectivity index (χ1n) is 8.45. The van der Waals surface area contributed by atoms with Gasteiger partial charge in [-0.1, -0.05) is 12.1 Å². The summed E-state index contributed by atoms with van der Waals surface area (Å²) in [6.07, 6.45) is 1.79. The predicted molar refractivity (Wildman–Crippen MR) is 96.6 cm³/mol. The number of para-hydroxylation sites is 2. The van der Waals surface area contributed by atoms with Gasteiger partial charge in [0, 0.05) is 13.6 Å². The number of nitrogens with zero attached hydrogens (tertiary/aromatic N) is 4. The third-order valence-corrected chi connectivity index (χ3v) is 4.96. The zero-order valence-corrected chi connectivity index (χ0v) is 14.3. The van der Waals surface area contributed by atoms with Crippen molar-refractivity contribution in [3.63, 3.8) is 0 Å². The number of nitrogens with one attached hydrogen (secondary N) is 1. The van der Waals surface area contributed by atoms with E-state index >= 15 is 0 Å². The van der Waals surface area contributed by atoms with E-state index in [0.29, 0.717) is 11.2 Å². The highest BCUT2D eigenvalue weighted by atomic mass is 16.2. The van der Waals surface area contributed by atoms with Crippen LogP contribution in [0.3, 0.4) is 0 Å². The van der Waals surface area contributed by atoms with E-state index < -0.39 is 0 Å². The Bertz CT molecular complexity index is 1030. The molecular formula is C19H19N5O. The second-order valence-electron chi connectivity index (χ2n) is 6.40. The lowest BCUT2D eigenvalue weighted by Gasteiger charge is -2.27. The average molecular weight is 333 g/mol. The zero-order chi connectivity index (χ0) is 17.6. The zero-order valence-electron chi connectivity index (χ0n) is 14.3. The maximum Gasteiger partial charge on any atom is 0.242 e. The Morgan fingerprint density at radius 1 is 1.40 bits per heavy atom. The van der Waals surface area contributed by atoms with Crippen LogP contribution in [0.5, 0.6) is 0 Å². The van der Waals surface area contributed by atoms with Crippen LogP contribution in [0, 0.1) is 18.3 Å². The fourth-order valence-corrected chi connectivity index (χ4v) is 3.76. The van der Waals surface area contributed by atoms with Crippen molar-refractivity contribution in [3.05, 3.63) is 41.5 Å². The Morgan fingerprint density at radius 2 is 2.20 bits per heavy atom. The van der Waals surface area contributed by atoms with E-state index in [1.165, 1.54) is 0 Å². The largest absolute Gasteiger partial charge is 0.357 e. The molecule has 0 spiro atoms. The highest BCUT2D eigenvalue weighted by Gasteiger charge is 2.32. The quantitative estimate of drug-likeness (QED) is 0.781. The summed E-state index contributed by atoms with van der Waals surface area (Å²) in [6, 6.07) is 11.9. The Hall–Kier alpha value is -3.07. The van der Waals surface area contributed by atoms with Crippen molar-refractivity contribution in [3.8, 4) is 6.07 Å². The van der Waals surface area contributed by atoms with Crippen LogP contribution in [0.4, 0.5) is 5.82 Å². The van der Waals surface area contributed by atoms with E-state index in [1.807, 2.05) is 41.7 Å². The second kappa shape index (κ2) is 5.78. The summed E-state index contributed by atoms with van der Waals surface area (Å²) in [5.41, 5.74) is 3.91. The van der Waals surface area contributed by atoms with Crippen molar-refractivity contribution < 1.29 is 4.79 Å². The number of carbonyl (C=O) groups excluding carboxylic acids is 1. The number of carbonyl (C=O) groups is 1. The Balaban J connectivity index is 2.04. The first-order chi connectivity index (χ1) is 12.2. The molecule has 1 N–H and O–H groups in total. The number of fused-ring (bicyclic) bond motifs is 3. The number of likely N-dealkylation sites (N-methyl/N-ethyl adjacent to an activating group) is 1. The number of pyridine rings is 1. The Labute approximate surface area is 145 Å². The number of rotatable bonds is 2. The normalized spacial score (nSPS) is 17.2. The van der Waals surface area contributed by atoms with E-state index in [2.05, 4.69) is 21.3 Å². The fraction of sp³-hybridized carbons (Fsp3) is 0.316. The lowest BCUT2D eigenvalue weighted by Crippen LogP contribution is -2.42. The smallest absolute Gasteiger partial charge is 0.242 e. The SMILES string of the molecule is CNC(=O)[C@@H]1CCCN1c1cc(C)c(C#N)c2nc3ccccc3n12. The first kappa shape index (κ1) is 15.5. The number of anilines is 1. The second-order valence-corrected chi connectivity index (χ2v) is 6.40. The van der Waals surface area contributed by atoms with Crippen LogP contribution in [-0.2, 0) is 4.79 Å². The maximum atomic E-state index is 12.3. The molecule has 0 aliphatic carbocycles. The van der Waals surface area contributed by atoms with Gasteiger partial charge < -0.3 is 10.2 Å². The first-order valence-corrected chi connectivity index (χ1v) is 8.45. The average Bonchev–Trinajstić information content (AvgIpc) is 3.25. The minimum Gasteiger partial charge on any atom is -0.357 e. The lowest BCUT2D eigenvalue weighted by atomic mass is 10.1. The van der Waals surface area contributed by atoms with Gasteiger partial charge in [-0.3, -0.25) is 9.20 Å². The van der Waals surface area contributed by atoms with Crippen molar-refractivity contribution in [1.29, 1.82) is 5.26 Å². The highest BCUT2D eigenvalue weighted by Crippen LogP contribution is 2.32. The van der Waals surface area contributed by atoms with Crippen LogP contribution >= 0.6 is 0 Å². The van der Waals surface area contributed by atoms with Gasteiger partial charge in [-0.2, -0.15) is 5.26 Å². The van der Waals surface area contributed by atoms with Gasteiger partial charge in [0.15, 0.2) is 5.65 Å². The number of aryl methyl sites for hydroxylation is 1. The third-order valence-electron chi connectivity index (χ3n) is 4.96. The fourth-order valence-electron chi connectivity index (χ4n) is 3.76. The van der Waals surface area contributed by atoms with Crippen LogP contribution in [0.1, 0.15) is 24.0 Å². The van der Waals surface area contributed by atoms with Gasteiger partial charge in [0.2, 0.25) is 5.91 Å². The molecule has 0 bridgehead atoms. The van der Waals surface area contributed by atoms with Crippen LogP contribution in [0.25, 0.3) is 16.7 Å². The molecular weight excluding hydrogens is 314 g/mol. The standard InChI is InChI=1S/C19H19N5O/c1-12-10-17(23-9-5-8-16(23)19(25)21-2)24-15-7-4-3-6-14(15)22-18(24)13(12)11-20/h3-4,6-7,10,16H,5,8-9H2,1-2H3,(H,21,25)/t16-/m0/s1. The molecule has 6 nitrogen and oxygen atoms in total. The summed E-state index contributed by atoms with van der Waals surface area (Å²) in [4.78, 5) is 19.1. The number of hydrogen-bond donors (Lipinski definition) is 1. The van der Waals surface area contributed by atoms with E-state index in [1.54, 1.807) is 7.05 Å². The summed E-state index contributed by atoms with van der Waals surface area (Å²) >= 11 is 0. The maximum absolute atomic E-state index is 12.3. The van der Waals surface area contributed by atoms with E-state index in [4.69, 9.17) is 0 Å². The van der Waals surface area contributed by atoms with Crippen LogP contribution in [-0.4, -0.2) is 34.9 Å². The van der Waals surface area contributed by atoms with Crippen LogP contribution in [0.2, 0.25) is 0 Å². The molecule has 1 atom stereocenters. The van der Waals surface area contributed by atoms with Crippen LogP contribution < -0.4 is 10.2 Å². The van der Waals surface area contributed by atoms with E-state index in [-0.39, 0.29) is 11.9 Å². The molecule has 4 rings (SSSR count). The van der Waals surface area contributed by atoms with Gasteiger partial charge in [0.1, 0.15) is 17.9 Å². The molecule has 6 heteroatoms. The van der Waals surface area contributed by atoms with Gasteiger partial charge in [-0.25, -0.2) is 4.98 Å². The monoisotopic (exact) mass is 333 g/mol. The number of amides is 1. The molecule has 1 saturated heterocycles. The van der Waals surface area contributed by atoms with Crippen molar-refractivity contribution in [1.82, 2.24) is 14.7 Å². The summed E-state index contributed by atoms with van der Waals surface area (Å²) in [7, 11) is 1.67. The molecule has 2 aromatic heterocycles. The van der Waals surface area contributed by atoms with Crippen molar-refractivity contribution in [2.24, 2.45) is 0 Å². The number of benzene rings is 1. The summed E-state index contributed by atoms with van der Waals surface area (Å²) in [5, 5.41) is 12.4. The molecule has 0 saturated carbocycles. The van der Waals surface area contributed by atoms with Crippen molar-refractivity contribution >= 4 is 28.4 Å². The minimum atomic E-state index is -0.193. The minimum absolute atomic E-state index is 0.0251. The summed E-state index contributed by atoms with van der Waals surface area (Å²) in [5.74, 6) is 0.948. The number of nitriles is 1. The van der Waals surface area contributed by atoms with Gasteiger partial charge >= 0.3 is 0 Å². The van der Waals surface area contributed by atoms with Crippen molar-refractivity contribution in [2.75, 3.05) is 18.5 Å². The Morgan fingerprint density at radius 3 is 2.96 bits per heavy atom. The molecule has 1 amide bonds. The van der Waals surface area contributed by atoms with Gasteiger partial charge in [0.25, 0.3) is 0 Å². The molecule has 25 heavy (non-hydrogen) atoms. The predicted octanol–water partition coefficient (Wildman–Crippen LogP) is 2.38. The lowest BCUT2D eigenvalue weighted by molar-refractivity contribution is -0.121. The summed E-state index contributed by atoms with van der Waals surface area (Å²) < 4.78 is 2.02. The molecule has 0 unspecified atom stereocenters. The van der Waals surface area contributed by atoms with Gasteiger partial charge in [-0.05, 0) is 43.5 Å². The summed E-state index contributed by atoms with van der Waals surface area (Å²) in [6.45, 7) is 2.73. The van der Waals surface area contributed by atoms with Crippen LogP contribution in [0.15, 0.2) is 30.3 Å². The van der Waals surface area contributed by atoms with Gasteiger partial charge in [0.05, 0.1) is 16.6 Å². The number of imidazole rings is 1. The Kier molecular flexibility index (Phi) is 3.57. The van der Waals surface area contributed by atoms with Gasteiger partial charge in [-0.15, -0.1) is 0 Å².